The van der Waals surface area contributed by atoms with E-state index in [2.05, 4.69) is 5.16 Å². The van der Waals surface area contributed by atoms with Crippen LogP contribution >= 0.6 is 0 Å². The van der Waals surface area contributed by atoms with Gasteiger partial charge >= 0.3 is 0 Å². The predicted molar refractivity (Wildman–Crippen MR) is 44.8 cm³/mol. The van der Waals surface area contributed by atoms with Gasteiger partial charge in [0.25, 0.3) is 0 Å². The zero-order valence-electron chi connectivity index (χ0n) is 6.38. The smallest absolute Gasteiger partial charge is 0.172 e. The molecule has 0 saturated heterocycles. The summed E-state index contributed by atoms with van der Waals surface area (Å²) in [4.78, 5) is 0. The fourth-order valence-corrected chi connectivity index (χ4v) is 0.861. The summed E-state index contributed by atoms with van der Waals surface area (Å²) < 4.78 is 0. The lowest BCUT2D eigenvalue weighted by molar-refractivity contribution is 0.233. The minimum Gasteiger partial charge on any atom is -0.409 e. The Hall–Kier alpha value is -1.55. The molecule has 4 heteroatoms. The van der Waals surface area contributed by atoms with Gasteiger partial charge < -0.3 is 16.0 Å². The number of hydrogen-bond donors (Lipinski definition) is 3. The Morgan fingerprint density at radius 3 is 2.42 bits per heavy atom. The first-order valence-corrected chi connectivity index (χ1v) is 3.46. The average molecular weight is 166 g/mol. The number of benzene rings is 1. The Labute approximate surface area is 69.9 Å². The monoisotopic (exact) mass is 166 g/mol. The van der Waals surface area contributed by atoms with Gasteiger partial charge in [0.2, 0.25) is 0 Å². The summed E-state index contributed by atoms with van der Waals surface area (Å²) in [5.74, 6) is -0.207. The molecule has 1 aromatic rings. The fraction of sp³-hybridized carbons (Fsp3) is 0.125. The van der Waals surface area contributed by atoms with Crippen molar-refractivity contribution in [1.29, 1.82) is 0 Å². The first-order chi connectivity index (χ1) is 5.75. The molecule has 0 amide bonds. The third-order valence-electron chi connectivity index (χ3n) is 1.51. The fourth-order valence-electron chi connectivity index (χ4n) is 0.861. The zero-order valence-corrected chi connectivity index (χ0v) is 6.38. The third-order valence-corrected chi connectivity index (χ3v) is 1.51. The lowest BCUT2D eigenvalue weighted by Crippen LogP contribution is -2.21. The van der Waals surface area contributed by atoms with E-state index in [1.807, 2.05) is 6.07 Å². The molecule has 12 heavy (non-hydrogen) atoms. The molecule has 1 atom stereocenters. The molecule has 0 spiro atoms. The van der Waals surface area contributed by atoms with Crippen LogP contribution in [0.2, 0.25) is 0 Å². The van der Waals surface area contributed by atoms with Crippen LogP contribution in [0.4, 0.5) is 0 Å². The second-order valence-electron chi connectivity index (χ2n) is 2.34. The molecular weight excluding hydrogens is 156 g/mol. The number of nitrogens with two attached hydrogens (primary N) is 1. The summed E-state index contributed by atoms with van der Waals surface area (Å²) in [5, 5.41) is 20.4. The maximum Gasteiger partial charge on any atom is 0.172 e. The Kier molecular flexibility index (Phi) is 2.66. The first kappa shape index (κ1) is 8.55. The number of aliphatic hydroxyl groups is 1. The number of rotatable bonds is 2. The molecule has 0 radical (unpaired) electrons. The minimum absolute atomic E-state index is 0.207. The first-order valence-electron chi connectivity index (χ1n) is 3.46. The number of amidine groups is 1. The SMILES string of the molecule is N/C(=N\O)C(O)c1ccccc1. The van der Waals surface area contributed by atoms with Crippen LogP contribution in [0.3, 0.4) is 0 Å². The van der Waals surface area contributed by atoms with Crippen molar-refractivity contribution in [3.8, 4) is 0 Å². The van der Waals surface area contributed by atoms with Gasteiger partial charge in [-0.05, 0) is 5.56 Å². The van der Waals surface area contributed by atoms with Gasteiger partial charge in [-0.15, -0.1) is 0 Å². The van der Waals surface area contributed by atoms with E-state index in [1.165, 1.54) is 0 Å². The van der Waals surface area contributed by atoms with Crippen LogP contribution in [0.1, 0.15) is 11.7 Å². The van der Waals surface area contributed by atoms with E-state index in [0.29, 0.717) is 5.56 Å². The highest BCUT2D eigenvalue weighted by Gasteiger charge is 2.10. The molecule has 0 aromatic heterocycles. The number of oxime groups is 1. The highest BCUT2D eigenvalue weighted by Crippen LogP contribution is 2.11. The molecule has 1 rings (SSSR count). The maximum atomic E-state index is 9.37. The van der Waals surface area contributed by atoms with Gasteiger partial charge in [0.15, 0.2) is 5.84 Å². The van der Waals surface area contributed by atoms with Crippen molar-refractivity contribution in [3.05, 3.63) is 35.9 Å². The summed E-state index contributed by atoms with van der Waals surface area (Å²) >= 11 is 0. The summed E-state index contributed by atoms with van der Waals surface area (Å²) in [6, 6.07) is 8.75. The van der Waals surface area contributed by atoms with Crippen molar-refractivity contribution < 1.29 is 10.3 Å². The Morgan fingerprint density at radius 1 is 1.33 bits per heavy atom. The van der Waals surface area contributed by atoms with E-state index in [4.69, 9.17) is 10.9 Å². The summed E-state index contributed by atoms with van der Waals surface area (Å²) in [7, 11) is 0. The van der Waals surface area contributed by atoms with Crippen LogP contribution in [0.25, 0.3) is 0 Å². The van der Waals surface area contributed by atoms with E-state index in [0.717, 1.165) is 0 Å². The second kappa shape index (κ2) is 3.73. The molecule has 0 heterocycles. The van der Waals surface area contributed by atoms with Crippen molar-refractivity contribution in [2.75, 3.05) is 0 Å². The molecule has 64 valence electrons. The molecule has 0 aliphatic heterocycles. The number of nitrogens with zero attached hydrogens (tertiary/aromatic N) is 1. The van der Waals surface area contributed by atoms with Gasteiger partial charge in [-0.1, -0.05) is 35.5 Å². The van der Waals surface area contributed by atoms with Gasteiger partial charge in [-0.25, -0.2) is 0 Å². The quantitative estimate of drug-likeness (QED) is 0.258. The highest BCUT2D eigenvalue weighted by atomic mass is 16.4. The van der Waals surface area contributed by atoms with Crippen LogP contribution in [-0.4, -0.2) is 16.1 Å². The summed E-state index contributed by atoms with van der Waals surface area (Å²) in [6.45, 7) is 0. The summed E-state index contributed by atoms with van der Waals surface area (Å²) in [5.41, 5.74) is 5.80. The van der Waals surface area contributed by atoms with Crippen LogP contribution in [-0.2, 0) is 0 Å². The van der Waals surface area contributed by atoms with Crippen molar-refractivity contribution in [3.63, 3.8) is 0 Å². The predicted octanol–water partition coefficient (Wildman–Crippen LogP) is 0.466. The van der Waals surface area contributed by atoms with Crippen molar-refractivity contribution >= 4 is 5.84 Å². The molecular formula is C8H10N2O2. The lowest BCUT2D eigenvalue weighted by atomic mass is 10.1. The molecule has 0 aliphatic rings. The van der Waals surface area contributed by atoms with E-state index in [9.17, 15) is 5.11 Å². The van der Waals surface area contributed by atoms with Crippen molar-refractivity contribution in [2.45, 2.75) is 6.10 Å². The molecule has 0 saturated carbocycles. The average Bonchev–Trinajstić information content (AvgIpc) is 2.17. The standard InChI is InChI=1S/C8H10N2O2/c9-8(10-12)7(11)6-4-2-1-3-5-6/h1-5,7,11-12H,(H2,9,10). The Bertz CT molecular complexity index is 272. The van der Waals surface area contributed by atoms with Gasteiger partial charge in [-0.3, -0.25) is 0 Å². The Balaban J connectivity index is 2.86. The maximum absolute atomic E-state index is 9.37. The molecule has 4 nitrogen and oxygen atoms in total. The minimum atomic E-state index is -1.03. The van der Waals surface area contributed by atoms with E-state index in [-0.39, 0.29) is 5.84 Å². The van der Waals surface area contributed by atoms with Crippen LogP contribution in [0, 0.1) is 0 Å². The van der Waals surface area contributed by atoms with Crippen LogP contribution < -0.4 is 5.73 Å². The number of hydrogen-bond acceptors (Lipinski definition) is 3. The normalized spacial score (nSPS) is 14.2. The van der Waals surface area contributed by atoms with Gasteiger partial charge in [0.1, 0.15) is 6.10 Å². The zero-order chi connectivity index (χ0) is 8.97. The molecule has 1 unspecified atom stereocenters. The topological polar surface area (TPSA) is 78.8 Å². The molecule has 0 aliphatic carbocycles. The third kappa shape index (κ3) is 1.73. The largest absolute Gasteiger partial charge is 0.409 e. The molecule has 4 N–H and O–H groups in total. The van der Waals surface area contributed by atoms with E-state index < -0.39 is 6.10 Å². The molecule has 0 fully saturated rings. The van der Waals surface area contributed by atoms with Gasteiger partial charge in [0, 0.05) is 0 Å². The molecule has 0 bridgehead atoms. The number of aliphatic hydroxyl groups excluding tert-OH is 1. The van der Waals surface area contributed by atoms with Gasteiger partial charge in [0.05, 0.1) is 0 Å². The highest BCUT2D eigenvalue weighted by molar-refractivity contribution is 5.85. The van der Waals surface area contributed by atoms with Crippen molar-refractivity contribution in [1.82, 2.24) is 0 Å². The van der Waals surface area contributed by atoms with E-state index in [1.54, 1.807) is 24.3 Å². The Morgan fingerprint density at radius 2 is 1.92 bits per heavy atom. The van der Waals surface area contributed by atoms with Gasteiger partial charge in [-0.2, -0.15) is 0 Å². The van der Waals surface area contributed by atoms with E-state index >= 15 is 0 Å². The lowest BCUT2D eigenvalue weighted by Gasteiger charge is -2.07. The van der Waals surface area contributed by atoms with Crippen molar-refractivity contribution in [2.24, 2.45) is 10.9 Å². The van der Waals surface area contributed by atoms with Crippen LogP contribution in [0.15, 0.2) is 35.5 Å². The molecule has 1 aromatic carbocycles. The summed E-state index contributed by atoms with van der Waals surface area (Å²) in [6.07, 6.45) is -1.03. The second-order valence-corrected chi connectivity index (χ2v) is 2.34. The van der Waals surface area contributed by atoms with Crippen LogP contribution in [0.5, 0.6) is 0 Å².